The number of amides is 1. The first kappa shape index (κ1) is 60.5. The second-order valence-electron chi connectivity index (χ2n) is 18.8. The fraction of sp³-hybridized carbons (Fsp3) is 0.830. The molecule has 3 unspecified atom stereocenters. The summed E-state index contributed by atoms with van der Waals surface area (Å²) in [6, 6.07) is -0.908. The zero-order chi connectivity index (χ0) is 45.7. The first-order chi connectivity index (χ1) is 30.0. The van der Waals surface area contributed by atoms with Crippen LogP contribution in [0.3, 0.4) is 0 Å². The SMILES string of the molecule is CC/C=C/CC/C=C/CC/C=C/C(O)C(COP(=O)([O-])OCC[N+](C)(C)C)NC(=O)CCCCCCCCCCCCCCCC/C=C\CCCCCCCCCCCCCC. The van der Waals surface area contributed by atoms with E-state index in [1.165, 1.54) is 161 Å². The van der Waals surface area contributed by atoms with Gasteiger partial charge in [-0.05, 0) is 64.2 Å². The molecule has 0 aromatic heterocycles. The van der Waals surface area contributed by atoms with Gasteiger partial charge in [0.05, 0.1) is 39.9 Å². The van der Waals surface area contributed by atoms with Gasteiger partial charge in [0.2, 0.25) is 5.91 Å². The number of phosphoric acid groups is 1. The zero-order valence-corrected chi connectivity index (χ0v) is 42.2. The lowest BCUT2D eigenvalue weighted by atomic mass is 10.0. The number of phosphoric ester groups is 1. The largest absolute Gasteiger partial charge is 0.756 e. The Balaban J connectivity index is 4.03. The summed E-state index contributed by atoms with van der Waals surface area (Å²) in [4.78, 5) is 25.3. The summed E-state index contributed by atoms with van der Waals surface area (Å²) in [5, 5.41) is 13.7. The van der Waals surface area contributed by atoms with Gasteiger partial charge in [-0.1, -0.05) is 210 Å². The van der Waals surface area contributed by atoms with E-state index in [1.807, 2.05) is 27.2 Å². The predicted octanol–water partition coefficient (Wildman–Crippen LogP) is 14.6. The predicted molar refractivity (Wildman–Crippen MR) is 265 cm³/mol. The summed E-state index contributed by atoms with van der Waals surface area (Å²) in [7, 11) is 1.23. The Morgan fingerprint density at radius 2 is 0.952 bits per heavy atom. The quantitative estimate of drug-likeness (QED) is 0.0273. The Morgan fingerprint density at radius 3 is 1.39 bits per heavy atom. The molecule has 0 saturated heterocycles. The molecule has 0 bridgehead atoms. The Bertz CT molecular complexity index is 1150. The van der Waals surface area contributed by atoms with Gasteiger partial charge in [0.15, 0.2) is 0 Å². The lowest BCUT2D eigenvalue weighted by Crippen LogP contribution is -2.45. The molecule has 0 spiro atoms. The van der Waals surface area contributed by atoms with Gasteiger partial charge in [-0.2, -0.15) is 0 Å². The highest BCUT2D eigenvalue weighted by atomic mass is 31.2. The summed E-state index contributed by atoms with van der Waals surface area (Å²) in [5.41, 5.74) is 0. The van der Waals surface area contributed by atoms with Crippen molar-refractivity contribution in [3.8, 4) is 0 Å². The lowest BCUT2D eigenvalue weighted by Gasteiger charge is -2.29. The molecule has 0 fully saturated rings. The smallest absolute Gasteiger partial charge is 0.268 e. The van der Waals surface area contributed by atoms with Crippen LogP contribution in [0, 0.1) is 0 Å². The fourth-order valence-electron chi connectivity index (χ4n) is 7.42. The molecule has 0 aromatic carbocycles. The van der Waals surface area contributed by atoms with Crippen molar-refractivity contribution in [3.05, 3.63) is 48.6 Å². The highest BCUT2D eigenvalue weighted by molar-refractivity contribution is 7.45. The maximum Gasteiger partial charge on any atom is 0.268 e. The van der Waals surface area contributed by atoms with Gasteiger partial charge in [-0.15, -0.1) is 0 Å². The molecular formula is C53H101N2O6P. The van der Waals surface area contributed by atoms with Crippen LogP contribution >= 0.6 is 7.82 Å². The molecule has 0 saturated carbocycles. The van der Waals surface area contributed by atoms with Crippen molar-refractivity contribution in [3.63, 3.8) is 0 Å². The van der Waals surface area contributed by atoms with Crippen LogP contribution in [-0.4, -0.2) is 68.5 Å². The van der Waals surface area contributed by atoms with Gasteiger partial charge >= 0.3 is 0 Å². The number of hydrogen-bond acceptors (Lipinski definition) is 6. The minimum absolute atomic E-state index is 0.00962. The van der Waals surface area contributed by atoms with Crippen molar-refractivity contribution < 1.29 is 32.9 Å². The van der Waals surface area contributed by atoms with Gasteiger partial charge in [0, 0.05) is 6.42 Å². The summed E-state index contributed by atoms with van der Waals surface area (Å²) >= 11 is 0. The molecule has 0 rings (SSSR count). The van der Waals surface area contributed by atoms with Gasteiger partial charge in [0.25, 0.3) is 7.82 Å². The van der Waals surface area contributed by atoms with Crippen molar-refractivity contribution in [1.82, 2.24) is 5.32 Å². The van der Waals surface area contributed by atoms with Crippen LogP contribution in [0.5, 0.6) is 0 Å². The number of carbonyl (C=O) groups excluding carboxylic acids is 1. The normalized spacial score (nSPS) is 14.5. The van der Waals surface area contributed by atoms with E-state index >= 15 is 0 Å². The molecule has 8 nitrogen and oxygen atoms in total. The molecule has 0 aliphatic heterocycles. The number of allylic oxidation sites excluding steroid dienone is 7. The number of hydrogen-bond donors (Lipinski definition) is 2. The topological polar surface area (TPSA) is 108 Å². The van der Waals surface area contributed by atoms with E-state index in [-0.39, 0.29) is 12.5 Å². The summed E-state index contributed by atoms with van der Waals surface area (Å²) in [6.07, 6.45) is 57.8. The maximum absolute atomic E-state index is 12.9. The van der Waals surface area contributed by atoms with Crippen LogP contribution in [0.25, 0.3) is 0 Å². The molecule has 364 valence electrons. The number of aliphatic hydroxyl groups excluding tert-OH is 1. The number of aliphatic hydroxyl groups is 1. The summed E-state index contributed by atoms with van der Waals surface area (Å²) in [6.45, 7) is 4.50. The third kappa shape index (κ3) is 46.5. The summed E-state index contributed by atoms with van der Waals surface area (Å²) in [5.74, 6) is -0.213. The second kappa shape index (κ2) is 44.7. The minimum Gasteiger partial charge on any atom is -0.756 e. The van der Waals surface area contributed by atoms with Gasteiger partial charge < -0.3 is 28.8 Å². The van der Waals surface area contributed by atoms with Crippen LogP contribution in [0.4, 0.5) is 0 Å². The van der Waals surface area contributed by atoms with Crippen molar-refractivity contribution in [2.75, 3.05) is 40.9 Å². The number of quaternary nitrogens is 1. The number of nitrogens with zero attached hydrogens (tertiary/aromatic N) is 1. The average molecular weight is 893 g/mol. The van der Waals surface area contributed by atoms with Gasteiger partial charge in [-0.25, -0.2) is 0 Å². The molecular weight excluding hydrogens is 792 g/mol. The molecule has 0 aromatic rings. The Kier molecular flexibility index (Phi) is 43.5. The standard InChI is InChI=1S/C53H101N2O6P/c1-6-8-10-12-14-16-18-19-20-21-22-23-24-25-26-27-28-29-30-31-32-33-34-35-36-37-39-41-43-45-47-53(57)54-51(50-61-62(58,59)60-49-48-55(3,4)5)52(56)46-44-42-40-38-17-15-13-11-9-7-2/h9,11,17,25-26,38,44,46,51-52,56H,6-8,10,12-16,18-24,27-37,39-43,45,47-50H2,1-5H3,(H-,54,57,58,59)/b11-9+,26-25-,38-17+,46-44+. The first-order valence-corrected chi connectivity index (χ1v) is 27.5. The number of unbranched alkanes of at least 4 members (excludes halogenated alkanes) is 28. The second-order valence-corrected chi connectivity index (χ2v) is 20.2. The number of rotatable bonds is 47. The molecule has 62 heavy (non-hydrogen) atoms. The molecule has 0 aliphatic rings. The van der Waals surface area contributed by atoms with Crippen LogP contribution in [0.15, 0.2) is 48.6 Å². The Morgan fingerprint density at radius 1 is 0.565 bits per heavy atom. The molecule has 3 atom stereocenters. The molecule has 9 heteroatoms. The number of nitrogens with one attached hydrogen (secondary N) is 1. The van der Waals surface area contributed by atoms with Crippen molar-refractivity contribution in [2.24, 2.45) is 0 Å². The van der Waals surface area contributed by atoms with Crippen molar-refractivity contribution >= 4 is 13.7 Å². The van der Waals surface area contributed by atoms with E-state index in [9.17, 15) is 19.4 Å². The Hall–Kier alpha value is -1.54. The number of carbonyl (C=O) groups is 1. The van der Waals surface area contributed by atoms with Crippen LogP contribution in [0.2, 0.25) is 0 Å². The molecule has 1 amide bonds. The summed E-state index contributed by atoms with van der Waals surface area (Å²) < 4.78 is 23.2. The molecule has 0 radical (unpaired) electrons. The molecule has 2 N–H and O–H groups in total. The zero-order valence-electron chi connectivity index (χ0n) is 41.3. The maximum atomic E-state index is 12.9. The van der Waals surface area contributed by atoms with Crippen LogP contribution in [-0.2, 0) is 18.4 Å². The van der Waals surface area contributed by atoms with E-state index in [2.05, 4.69) is 55.6 Å². The van der Waals surface area contributed by atoms with Crippen LogP contribution < -0.4 is 10.2 Å². The average Bonchev–Trinajstić information content (AvgIpc) is 3.23. The highest BCUT2D eigenvalue weighted by Crippen LogP contribution is 2.38. The van der Waals surface area contributed by atoms with Crippen LogP contribution in [0.1, 0.15) is 232 Å². The third-order valence-corrected chi connectivity index (χ3v) is 12.5. The lowest BCUT2D eigenvalue weighted by molar-refractivity contribution is -0.870. The first-order valence-electron chi connectivity index (χ1n) is 26.0. The number of likely N-dealkylation sites (N-methyl/N-ethyl adjacent to an activating group) is 1. The van der Waals surface area contributed by atoms with Crippen molar-refractivity contribution in [1.29, 1.82) is 0 Å². The monoisotopic (exact) mass is 893 g/mol. The molecule has 0 aliphatic carbocycles. The van der Waals surface area contributed by atoms with E-state index in [4.69, 9.17) is 9.05 Å². The van der Waals surface area contributed by atoms with Gasteiger partial charge in [-0.3, -0.25) is 9.36 Å². The van der Waals surface area contributed by atoms with Gasteiger partial charge in [0.1, 0.15) is 13.2 Å². The fourth-order valence-corrected chi connectivity index (χ4v) is 8.15. The van der Waals surface area contributed by atoms with E-state index in [0.717, 1.165) is 51.4 Å². The highest BCUT2D eigenvalue weighted by Gasteiger charge is 2.23. The van der Waals surface area contributed by atoms with E-state index in [0.29, 0.717) is 17.4 Å². The molecule has 0 heterocycles. The Labute approximate surface area is 384 Å². The van der Waals surface area contributed by atoms with E-state index in [1.54, 1.807) is 6.08 Å². The van der Waals surface area contributed by atoms with E-state index < -0.39 is 26.6 Å². The minimum atomic E-state index is -4.60. The van der Waals surface area contributed by atoms with Crippen molar-refractivity contribution in [2.45, 2.75) is 244 Å². The third-order valence-electron chi connectivity index (χ3n) is 11.5.